The van der Waals surface area contributed by atoms with E-state index in [9.17, 15) is 14.0 Å². The third kappa shape index (κ3) is 5.53. The van der Waals surface area contributed by atoms with Gasteiger partial charge >= 0.3 is 12.0 Å². The molecule has 1 saturated carbocycles. The first-order valence-corrected chi connectivity index (χ1v) is 15.1. The largest absolute Gasteiger partial charge is 0.482 e. The molecule has 5 heterocycles. The van der Waals surface area contributed by atoms with Crippen molar-refractivity contribution >= 4 is 56.1 Å². The van der Waals surface area contributed by atoms with E-state index < -0.39 is 23.7 Å². The number of ether oxygens (including phenoxy) is 1. The number of benzene rings is 1. The summed E-state index contributed by atoms with van der Waals surface area (Å²) in [7, 11) is 0. The summed E-state index contributed by atoms with van der Waals surface area (Å²) in [6.45, 7) is -0.258. The lowest BCUT2D eigenvalue weighted by Crippen LogP contribution is -2.50. The summed E-state index contributed by atoms with van der Waals surface area (Å²) in [6.07, 6.45) is 1.59. The molecule has 5 aromatic rings. The number of anilines is 1. The monoisotopic (exact) mass is 712 g/mol. The molecule has 46 heavy (non-hydrogen) atoms. The topological polar surface area (TPSA) is 142 Å². The molecule has 0 bridgehead atoms. The second kappa shape index (κ2) is 11.3. The van der Waals surface area contributed by atoms with Gasteiger partial charge in [0.2, 0.25) is 0 Å². The number of hydrogen-bond acceptors (Lipinski definition) is 8. The number of pyridine rings is 2. The second-order valence-electron chi connectivity index (χ2n) is 10.9. The molecule has 7 rings (SSSR count). The summed E-state index contributed by atoms with van der Waals surface area (Å²) in [6, 6.07) is 7.42. The molecule has 2 amide bonds. The van der Waals surface area contributed by atoms with Crippen LogP contribution < -0.4 is 15.4 Å². The lowest BCUT2D eigenvalue weighted by Gasteiger charge is -2.33. The van der Waals surface area contributed by atoms with Crippen LogP contribution in [0.2, 0.25) is 5.02 Å². The Labute approximate surface area is 271 Å². The van der Waals surface area contributed by atoms with Crippen molar-refractivity contribution in [1.82, 2.24) is 29.7 Å². The number of alkyl halides is 2. The minimum atomic E-state index is -4.18. The zero-order valence-corrected chi connectivity index (χ0v) is 25.9. The molecule has 0 radical (unpaired) electrons. The number of amides is 2. The molecular weight excluding hydrogens is 693 g/mol. The van der Waals surface area contributed by atoms with Crippen LogP contribution in [0.15, 0.2) is 53.5 Å². The maximum Gasteiger partial charge on any atom is 0.482 e. The summed E-state index contributed by atoms with van der Waals surface area (Å²) in [4.78, 5) is 43.7. The predicted octanol–water partition coefficient (Wildman–Crippen LogP) is 5.46. The van der Waals surface area contributed by atoms with Gasteiger partial charge in [-0.3, -0.25) is 19.5 Å². The molecule has 0 spiro atoms. The Morgan fingerprint density at radius 3 is 2.54 bits per heavy atom. The maximum absolute atomic E-state index is 15.0. The second-order valence-corrected chi connectivity index (χ2v) is 12.1. The van der Waals surface area contributed by atoms with E-state index in [1.807, 2.05) is 0 Å². The third-order valence-electron chi connectivity index (χ3n) is 7.68. The third-order valence-corrected chi connectivity index (χ3v) is 8.46. The summed E-state index contributed by atoms with van der Waals surface area (Å²) < 4.78 is 50.2. The Balaban J connectivity index is 1.40. The Morgan fingerprint density at radius 1 is 1.11 bits per heavy atom. The van der Waals surface area contributed by atoms with Gasteiger partial charge in [-0.1, -0.05) is 17.7 Å². The first kappa shape index (κ1) is 30.0. The minimum Gasteiger partial charge on any atom is -0.423 e. The van der Waals surface area contributed by atoms with Crippen molar-refractivity contribution in [3.8, 4) is 16.9 Å². The number of primary amides is 1. The van der Waals surface area contributed by atoms with E-state index in [0.29, 0.717) is 50.9 Å². The zero-order chi connectivity index (χ0) is 32.3. The summed E-state index contributed by atoms with van der Waals surface area (Å²) >= 11 is 9.38. The highest BCUT2D eigenvalue weighted by atomic mass is 79.9. The summed E-state index contributed by atoms with van der Waals surface area (Å²) in [5, 5.41) is 5.26. The van der Waals surface area contributed by atoms with Crippen molar-refractivity contribution in [2.45, 2.75) is 38.5 Å². The lowest BCUT2D eigenvalue weighted by molar-refractivity contribution is -0.193. The molecule has 11 nitrogen and oxygen atoms in total. The molecule has 1 aromatic carbocycles. The molecule has 234 valence electrons. The van der Waals surface area contributed by atoms with Gasteiger partial charge < -0.3 is 10.5 Å². The molecule has 4 aromatic heterocycles. The molecule has 0 unspecified atom stereocenters. The number of rotatable bonds is 8. The van der Waals surface area contributed by atoms with Gasteiger partial charge in [-0.2, -0.15) is 13.9 Å². The molecule has 2 aliphatic rings. The van der Waals surface area contributed by atoms with Gasteiger partial charge in [-0.05, 0) is 70.9 Å². The van der Waals surface area contributed by atoms with Gasteiger partial charge in [0.25, 0.3) is 5.91 Å². The van der Waals surface area contributed by atoms with Crippen LogP contribution in [0.1, 0.15) is 40.4 Å². The SMILES string of the molecule is NC(=O)c1c(CC2CC2)nc2c(c(Br)nn2Cc2ncc(F)cn2)c1-c1ccc2c(c1)OC(F)(F)C(=O)N2Cc1ccc(Cl)cn1. The fourth-order valence-corrected chi connectivity index (χ4v) is 6.09. The number of aromatic nitrogens is 6. The maximum atomic E-state index is 15.0. The van der Waals surface area contributed by atoms with E-state index in [1.165, 1.54) is 35.1 Å². The van der Waals surface area contributed by atoms with Gasteiger partial charge in [0.1, 0.15) is 17.0 Å². The van der Waals surface area contributed by atoms with Crippen molar-refractivity contribution in [3.05, 3.63) is 87.1 Å². The van der Waals surface area contributed by atoms with Crippen molar-refractivity contribution < 1.29 is 27.5 Å². The molecule has 2 N–H and O–H groups in total. The van der Waals surface area contributed by atoms with Gasteiger partial charge in [0, 0.05) is 11.8 Å². The number of fused-ring (bicyclic) bond motifs is 2. The molecule has 0 atom stereocenters. The lowest BCUT2D eigenvalue weighted by atomic mass is 9.93. The van der Waals surface area contributed by atoms with E-state index in [0.717, 1.165) is 30.1 Å². The molecule has 1 aliphatic carbocycles. The smallest absolute Gasteiger partial charge is 0.423 e. The van der Waals surface area contributed by atoms with Crippen LogP contribution in [0, 0.1) is 11.7 Å². The number of halogens is 5. The minimum absolute atomic E-state index is 0.0168. The van der Waals surface area contributed by atoms with Crippen LogP contribution in [-0.4, -0.2) is 47.6 Å². The first-order valence-electron chi connectivity index (χ1n) is 14.0. The average molecular weight is 714 g/mol. The highest BCUT2D eigenvalue weighted by molar-refractivity contribution is 9.10. The van der Waals surface area contributed by atoms with Gasteiger partial charge in [-0.25, -0.2) is 24.0 Å². The summed E-state index contributed by atoms with van der Waals surface area (Å²) in [5.41, 5.74) is 7.81. The quantitative estimate of drug-likeness (QED) is 0.224. The van der Waals surface area contributed by atoms with E-state index in [4.69, 9.17) is 27.1 Å². The van der Waals surface area contributed by atoms with Crippen LogP contribution in [0.5, 0.6) is 5.75 Å². The van der Waals surface area contributed by atoms with Gasteiger partial charge in [0.05, 0.1) is 52.0 Å². The number of nitrogens with zero attached hydrogens (tertiary/aromatic N) is 7. The number of hydrogen-bond donors (Lipinski definition) is 1. The molecular formula is C30H21BrClF3N8O3. The van der Waals surface area contributed by atoms with Crippen molar-refractivity contribution in [3.63, 3.8) is 0 Å². The Hall–Kier alpha value is -4.63. The van der Waals surface area contributed by atoms with Crippen LogP contribution in [0.3, 0.4) is 0 Å². The van der Waals surface area contributed by atoms with Crippen molar-refractivity contribution in [2.24, 2.45) is 11.7 Å². The van der Waals surface area contributed by atoms with Crippen LogP contribution in [0.4, 0.5) is 18.9 Å². The fraction of sp³-hybridized carbons (Fsp3) is 0.233. The highest BCUT2D eigenvalue weighted by Crippen LogP contribution is 2.46. The number of nitrogens with two attached hydrogens (primary N) is 1. The standard InChI is InChI=1S/C30H21BrClF3N8O3/c31-26-25-23(15-3-6-20-21(8-15)46-30(34,35)29(45)42(20)12-18-5-4-16(32)9-37-18)24(27(36)44)19(7-14-1-2-14)40-28(25)43(41-26)13-22-38-10-17(33)11-39-22/h3-6,8-11,14H,1-2,7,12-13H2,(H2,36,44). The Morgan fingerprint density at radius 2 is 1.87 bits per heavy atom. The molecule has 1 fully saturated rings. The van der Waals surface area contributed by atoms with E-state index >= 15 is 8.78 Å². The van der Waals surface area contributed by atoms with Gasteiger partial charge in [-0.15, -0.1) is 0 Å². The highest BCUT2D eigenvalue weighted by Gasteiger charge is 2.50. The number of carbonyl (C=O) groups excluding carboxylic acids is 2. The molecule has 1 aliphatic heterocycles. The Kier molecular flexibility index (Phi) is 7.39. The predicted molar refractivity (Wildman–Crippen MR) is 163 cm³/mol. The average Bonchev–Trinajstić information content (AvgIpc) is 3.78. The van der Waals surface area contributed by atoms with E-state index in [2.05, 4.69) is 36.0 Å². The normalized spacial score (nSPS) is 15.6. The van der Waals surface area contributed by atoms with Gasteiger partial charge in [0.15, 0.2) is 17.2 Å². The van der Waals surface area contributed by atoms with Crippen molar-refractivity contribution in [1.29, 1.82) is 0 Å². The van der Waals surface area contributed by atoms with Crippen molar-refractivity contribution in [2.75, 3.05) is 4.90 Å². The molecule has 16 heteroatoms. The molecule has 0 saturated heterocycles. The van der Waals surface area contributed by atoms with E-state index in [1.54, 1.807) is 6.07 Å². The zero-order valence-electron chi connectivity index (χ0n) is 23.6. The van der Waals surface area contributed by atoms with E-state index in [-0.39, 0.29) is 40.5 Å². The Bertz CT molecular complexity index is 2040. The summed E-state index contributed by atoms with van der Waals surface area (Å²) in [5.74, 6) is -2.68. The van der Waals surface area contributed by atoms with Crippen LogP contribution in [-0.2, 0) is 24.3 Å². The van der Waals surface area contributed by atoms with Crippen LogP contribution >= 0.6 is 27.5 Å². The first-order chi connectivity index (χ1) is 22.0. The van der Waals surface area contributed by atoms with Crippen LogP contribution in [0.25, 0.3) is 22.2 Å². The number of carbonyl (C=O) groups is 2. The fourth-order valence-electron chi connectivity index (χ4n) is 5.41.